The first-order valence-electron chi connectivity index (χ1n) is 6.68. The highest BCUT2D eigenvalue weighted by molar-refractivity contribution is 7.13. The van der Waals surface area contributed by atoms with Gasteiger partial charge in [0.05, 0.1) is 12.8 Å². The monoisotopic (exact) mass is 296 g/mol. The summed E-state index contributed by atoms with van der Waals surface area (Å²) >= 11 is 1.46. The Bertz CT molecular complexity index is 735. The number of methoxy groups -OCH3 is 1. The number of aromatic nitrogens is 1. The van der Waals surface area contributed by atoms with Gasteiger partial charge in [0.2, 0.25) is 0 Å². The van der Waals surface area contributed by atoms with E-state index in [4.69, 9.17) is 10.5 Å². The van der Waals surface area contributed by atoms with Gasteiger partial charge in [0.1, 0.15) is 5.75 Å². The van der Waals surface area contributed by atoms with Crippen LogP contribution in [0, 0.1) is 0 Å². The number of anilines is 1. The first-order chi connectivity index (χ1) is 10.2. The molecule has 4 heteroatoms. The average molecular weight is 296 g/mol. The fourth-order valence-corrected chi connectivity index (χ4v) is 2.80. The molecule has 1 aromatic heterocycles. The molecule has 1 heterocycles. The van der Waals surface area contributed by atoms with Gasteiger partial charge in [0.15, 0.2) is 5.13 Å². The molecule has 3 rings (SSSR count). The summed E-state index contributed by atoms with van der Waals surface area (Å²) in [5.41, 5.74) is 10.2. The number of nitrogen functional groups attached to an aromatic ring is 1. The molecule has 3 aromatic rings. The lowest BCUT2D eigenvalue weighted by Crippen LogP contribution is -1.90. The third kappa shape index (κ3) is 3.23. The van der Waals surface area contributed by atoms with E-state index in [0.717, 1.165) is 23.4 Å². The molecular formula is C17H16N2OS. The highest BCUT2D eigenvalue weighted by atomic mass is 32.1. The smallest absolute Gasteiger partial charge is 0.180 e. The zero-order valence-electron chi connectivity index (χ0n) is 11.7. The largest absolute Gasteiger partial charge is 0.497 e. The summed E-state index contributed by atoms with van der Waals surface area (Å²) in [5, 5.41) is 2.58. The van der Waals surface area contributed by atoms with Crippen LogP contribution in [-0.2, 0) is 6.42 Å². The Morgan fingerprint density at radius 1 is 1.10 bits per heavy atom. The van der Waals surface area contributed by atoms with E-state index >= 15 is 0 Å². The highest BCUT2D eigenvalue weighted by Crippen LogP contribution is 2.24. The van der Waals surface area contributed by atoms with E-state index in [-0.39, 0.29) is 0 Å². The van der Waals surface area contributed by atoms with Crippen molar-refractivity contribution in [1.29, 1.82) is 0 Å². The Balaban J connectivity index is 1.77. The molecule has 0 aliphatic rings. The van der Waals surface area contributed by atoms with Crippen LogP contribution >= 0.6 is 11.3 Å². The van der Waals surface area contributed by atoms with Gasteiger partial charge in [-0.25, -0.2) is 4.98 Å². The molecular weight excluding hydrogens is 280 g/mol. The molecule has 21 heavy (non-hydrogen) atoms. The normalized spacial score (nSPS) is 10.5. The van der Waals surface area contributed by atoms with Crippen LogP contribution in [0.1, 0.15) is 11.1 Å². The maximum absolute atomic E-state index is 5.67. The fraction of sp³-hybridized carbons (Fsp3) is 0.118. The van der Waals surface area contributed by atoms with Gasteiger partial charge in [-0.1, -0.05) is 36.4 Å². The van der Waals surface area contributed by atoms with Crippen molar-refractivity contribution in [3.8, 4) is 17.0 Å². The van der Waals surface area contributed by atoms with Crippen LogP contribution in [0.2, 0.25) is 0 Å². The van der Waals surface area contributed by atoms with Crippen LogP contribution in [0.15, 0.2) is 53.9 Å². The third-order valence-corrected chi connectivity index (χ3v) is 3.99. The Morgan fingerprint density at radius 2 is 1.90 bits per heavy atom. The van der Waals surface area contributed by atoms with Gasteiger partial charge in [-0.3, -0.25) is 0 Å². The SMILES string of the molecule is COc1cccc(Cc2ccc(-c3csc(N)n3)cc2)c1. The number of benzene rings is 2. The Kier molecular flexibility index (Phi) is 3.88. The van der Waals surface area contributed by atoms with E-state index in [1.165, 1.54) is 22.5 Å². The van der Waals surface area contributed by atoms with Crippen molar-refractivity contribution >= 4 is 16.5 Å². The summed E-state index contributed by atoms with van der Waals surface area (Å²) in [7, 11) is 1.69. The predicted molar refractivity (Wildman–Crippen MR) is 87.8 cm³/mol. The molecule has 0 aliphatic carbocycles. The van der Waals surface area contributed by atoms with Gasteiger partial charge in [-0.2, -0.15) is 0 Å². The van der Waals surface area contributed by atoms with Gasteiger partial charge in [-0.15, -0.1) is 11.3 Å². The topological polar surface area (TPSA) is 48.1 Å². The summed E-state index contributed by atoms with van der Waals surface area (Å²) in [5.74, 6) is 0.891. The summed E-state index contributed by atoms with van der Waals surface area (Å²) in [6, 6.07) is 16.6. The maximum atomic E-state index is 5.67. The van der Waals surface area contributed by atoms with E-state index in [1.54, 1.807) is 7.11 Å². The summed E-state index contributed by atoms with van der Waals surface area (Å²) in [4.78, 5) is 4.30. The van der Waals surface area contributed by atoms with Crippen LogP contribution in [0.25, 0.3) is 11.3 Å². The number of rotatable bonds is 4. The fourth-order valence-electron chi connectivity index (χ4n) is 2.23. The van der Waals surface area contributed by atoms with Gasteiger partial charge < -0.3 is 10.5 Å². The molecule has 0 spiro atoms. The van der Waals surface area contributed by atoms with Crippen LogP contribution in [0.5, 0.6) is 5.75 Å². The molecule has 0 saturated carbocycles. The molecule has 0 radical (unpaired) electrons. The van der Waals surface area contributed by atoms with E-state index < -0.39 is 0 Å². The Hall–Kier alpha value is -2.33. The number of hydrogen-bond donors (Lipinski definition) is 1. The van der Waals surface area contributed by atoms with Crippen molar-refractivity contribution in [1.82, 2.24) is 4.98 Å². The zero-order valence-corrected chi connectivity index (χ0v) is 12.6. The van der Waals surface area contributed by atoms with Crippen LogP contribution in [0.3, 0.4) is 0 Å². The van der Waals surface area contributed by atoms with E-state index in [1.807, 2.05) is 17.5 Å². The molecule has 0 unspecified atom stereocenters. The summed E-state index contributed by atoms with van der Waals surface area (Å²) in [6.07, 6.45) is 0.886. The second kappa shape index (κ2) is 5.97. The molecule has 3 nitrogen and oxygen atoms in total. The number of nitrogens with zero attached hydrogens (tertiary/aromatic N) is 1. The second-order valence-electron chi connectivity index (χ2n) is 4.80. The van der Waals surface area contributed by atoms with Gasteiger partial charge in [0, 0.05) is 10.9 Å². The van der Waals surface area contributed by atoms with Gasteiger partial charge >= 0.3 is 0 Å². The molecule has 0 fully saturated rings. The average Bonchev–Trinajstić information content (AvgIpc) is 2.95. The second-order valence-corrected chi connectivity index (χ2v) is 5.69. The highest BCUT2D eigenvalue weighted by Gasteiger charge is 2.03. The van der Waals surface area contributed by atoms with Crippen molar-refractivity contribution < 1.29 is 4.74 Å². The van der Waals surface area contributed by atoms with Gasteiger partial charge in [-0.05, 0) is 29.7 Å². The molecule has 2 aromatic carbocycles. The van der Waals surface area contributed by atoms with E-state index in [0.29, 0.717) is 5.13 Å². The predicted octanol–water partition coefficient (Wildman–Crippen LogP) is 3.99. The van der Waals surface area contributed by atoms with Crippen molar-refractivity contribution in [2.24, 2.45) is 0 Å². The lowest BCUT2D eigenvalue weighted by molar-refractivity contribution is 0.414. The lowest BCUT2D eigenvalue weighted by Gasteiger charge is -2.05. The van der Waals surface area contributed by atoms with Crippen molar-refractivity contribution in [3.63, 3.8) is 0 Å². The standard InChI is InChI=1S/C17H16N2OS/c1-20-15-4-2-3-13(10-15)9-12-5-7-14(8-6-12)16-11-21-17(18)19-16/h2-8,10-11H,9H2,1H3,(H2,18,19). The van der Waals surface area contributed by atoms with E-state index in [9.17, 15) is 0 Å². The minimum Gasteiger partial charge on any atom is -0.497 e. The Labute approximate surface area is 128 Å². The van der Waals surface area contributed by atoms with E-state index in [2.05, 4.69) is 41.4 Å². The lowest BCUT2D eigenvalue weighted by atomic mass is 10.0. The number of ether oxygens (including phenoxy) is 1. The molecule has 0 saturated heterocycles. The Morgan fingerprint density at radius 3 is 2.57 bits per heavy atom. The van der Waals surface area contributed by atoms with Gasteiger partial charge in [0.25, 0.3) is 0 Å². The molecule has 106 valence electrons. The van der Waals surface area contributed by atoms with Crippen LogP contribution in [-0.4, -0.2) is 12.1 Å². The molecule has 0 atom stereocenters. The van der Waals surface area contributed by atoms with Crippen molar-refractivity contribution in [2.75, 3.05) is 12.8 Å². The number of hydrogen-bond acceptors (Lipinski definition) is 4. The summed E-state index contributed by atoms with van der Waals surface area (Å²) in [6.45, 7) is 0. The summed E-state index contributed by atoms with van der Waals surface area (Å²) < 4.78 is 5.25. The number of nitrogens with two attached hydrogens (primary N) is 1. The molecule has 2 N–H and O–H groups in total. The first kappa shape index (κ1) is 13.6. The molecule has 0 bridgehead atoms. The molecule has 0 amide bonds. The quantitative estimate of drug-likeness (QED) is 0.792. The van der Waals surface area contributed by atoms with Crippen molar-refractivity contribution in [3.05, 3.63) is 65.0 Å². The molecule has 0 aliphatic heterocycles. The maximum Gasteiger partial charge on any atom is 0.180 e. The minimum absolute atomic E-state index is 0.602. The van der Waals surface area contributed by atoms with Crippen LogP contribution in [0.4, 0.5) is 5.13 Å². The first-order valence-corrected chi connectivity index (χ1v) is 7.56. The number of thiazole rings is 1. The zero-order chi connectivity index (χ0) is 14.7. The minimum atomic E-state index is 0.602. The van der Waals surface area contributed by atoms with Crippen molar-refractivity contribution in [2.45, 2.75) is 6.42 Å². The van der Waals surface area contributed by atoms with Crippen LogP contribution < -0.4 is 10.5 Å². The third-order valence-electron chi connectivity index (χ3n) is 3.31.